The van der Waals surface area contributed by atoms with E-state index < -0.39 is 0 Å². The van der Waals surface area contributed by atoms with Crippen molar-refractivity contribution in [1.29, 1.82) is 0 Å². The van der Waals surface area contributed by atoms with Crippen LogP contribution in [-0.4, -0.2) is 4.98 Å². The van der Waals surface area contributed by atoms with Gasteiger partial charge in [-0.1, -0.05) is 35.3 Å². The first-order valence-corrected chi connectivity index (χ1v) is 7.00. The van der Waals surface area contributed by atoms with Gasteiger partial charge >= 0.3 is 0 Å². The molecule has 0 fully saturated rings. The highest BCUT2D eigenvalue weighted by molar-refractivity contribution is 6.35. The number of pyridine rings is 1. The van der Waals surface area contributed by atoms with Crippen LogP contribution in [0.4, 0.5) is 5.69 Å². The van der Waals surface area contributed by atoms with Gasteiger partial charge in [0.2, 0.25) is 0 Å². The lowest BCUT2D eigenvalue weighted by atomic mass is 10.1. The van der Waals surface area contributed by atoms with Gasteiger partial charge in [0.15, 0.2) is 0 Å². The average molecular weight is 303 g/mol. The van der Waals surface area contributed by atoms with Crippen molar-refractivity contribution < 1.29 is 0 Å². The lowest BCUT2D eigenvalue weighted by Crippen LogP contribution is -2.00. The monoisotopic (exact) mass is 302 g/mol. The Balaban J connectivity index is 1.81. The lowest BCUT2D eigenvalue weighted by Gasteiger charge is -2.09. The number of rotatable bonds is 3. The van der Waals surface area contributed by atoms with E-state index in [1.165, 1.54) is 5.56 Å². The summed E-state index contributed by atoms with van der Waals surface area (Å²) in [6.45, 7) is 0.685. The molecule has 0 spiro atoms. The van der Waals surface area contributed by atoms with Crippen LogP contribution in [0.1, 0.15) is 5.56 Å². The van der Waals surface area contributed by atoms with Gasteiger partial charge in [-0.05, 0) is 42.0 Å². The molecule has 100 valence electrons. The van der Waals surface area contributed by atoms with E-state index in [1.54, 1.807) is 18.3 Å². The minimum Gasteiger partial charge on any atom is -0.380 e. The highest BCUT2D eigenvalue weighted by atomic mass is 35.5. The molecular formula is C16H12Cl2N2. The minimum absolute atomic E-state index is 0.664. The minimum atomic E-state index is 0.664. The number of aromatic nitrogens is 1. The Kier molecular flexibility index (Phi) is 3.77. The van der Waals surface area contributed by atoms with E-state index in [2.05, 4.69) is 28.5 Å². The fraction of sp³-hybridized carbons (Fsp3) is 0.0625. The van der Waals surface area contributed by atoms with Gasteiger partial charge in [0.25, 0.3) is 0 Å². The zero-order valence-electron chi connectivity index (χ0n) is 10.6. The van der Waals surface area contributed by atoms with Crippen molar-refractivity contribution in [3.05, 3.63) is 70.3 Å². The maximum atomic E-state index is 6.13. The second kappa shape index (κ2) is 5.70. The van der Waals surface area contributed by atoms with Crippen molar-refractivity contribution in [3.63, 3.8) is 0 Å². The molecule has 4 heteroatoms. The molecule has 0 radical (unpaired) electrons. The van der Waals surface area contributed by atoms with Crippen molar-refractivity contribution in [2.45, 2.75) is 6.54 Å². The second-order valence-electron chi connectivity index (χ2n) is 4.51. The van der Waals surface area contributed by atoms with Crippen LogP contribution >= 0.6 is 23.2 Å². The normalized spacial score (nSPS) is 10.7. The number of anilines is 1. The maximum Gasteiger partial charge on any atom is 0.0702 e. The summed E-state index contributed by atoms with van der Waals surface area (Å²) < 4.78 is 0. The SMILES string of the molecule is Clc1ccc(Cl)c(NCc2ccc3ncccc3c2)c1. The number of benzene rings is 2. The Labute approximate surface area is 127 Å². The van der Waals surface area contributed by atoms with Crippen LogP contribution in [-0.2, 0) is 6.54 Å². The standard InChI is InChI=1S/C16H12Cl2N2/c17-13-4-5-14(18)16(9-13)20-10-11-3-6-15-12(8-11)2-1-7-19-15/h1-9,20H,10H2. The predicted octanol–water partition coefficient (Wildman–Crippen LogP) is 5.15. The van der Waals surface area contributed by atoms with E-state index in [4.69, 9.17) is 23.2 Å². The van der Waals surface area contributed by atoms with Crippen LogP contribution in [0.3, 0.4) is 0 Å². The number of hydrogen-bond donors (Lipinski definition) is 1. The third-order valence-corrected chi connectivity index (χ3v) is 3.64. The molecule has 0 saturated heterocycles. The summed E-state index contributed by atoms with van der Waals surface area (Å²) in [5, 5.41) is 5.76. The van der Waals surface area contributed by atoms with Gasteiger partial charge in [0.05, 0.1) is 16.2 Å². The van der Waals surface area contributed by atoms with E-state index in [9.17, 15) is 0 Å². The van der Waals surface area contributed by atoms with Crippen LogP contribution in [0.5, 0.6) is 0 Å². The van der Waals surface area contributed by atoms with E-state index in [0.29, 0.717) is 16.6 Å². The lowest BCUT2D eigenvalue weighted by molar-refractivity contribution is 1.15. The highest BCUT2D eigenvalue weighted by Crippen LogP contribution is 2.26. The van der Waals surface area contributed by atoms with E-state index in [1.807, 2.05) is 18.2 Å². The highest BCUT2D eigenvalue weighted by Gasteiger charge is 2.02. The van der Waals surface area contributed by atoms with Gasteiger partial charge < -0.3 is 5.32 Å². The summed E-state index contributed by atoms with van der Waals surface area (Å²) >= 11 is 12.1. The van der Waals surface area contributed by atoms with Crippen molar-refractivity contribution in [1.82, 2.24) is 4.98 Å². The van der Waals surface area contributed by atoms with Crippen LogP contribution in [0, 0.1) is 0 Å². The number of fused-ring (bicyclic) bond motifs is 1. The molecule has 1 heterocycles. The topological polar surface area (TPSA) is 24.9 Å². The molecule has 0 saturated carbocycles. The zero-order chi connectivity index (χ0) is 13.9. The van der Waals surface area contributed by atoms with Crippen LogP contribution in [0.25, 0.3) is 10.9 Å². The van der Waals surface area contributed by atoms with Crippen LogP contribution < -0.4 is 5.32 Å². The van der Waals surface area contributed by atoms with Crippen molar-refractivity contribution >= 4 is 39.8 Å². The van der Waals surface area contributed by atoms with Crippen molar-refractivity contribution in [2.75, 3.05) is 5.32 Å². The molecule has 2 aromatic carbocycles. The molecule has 0 aliphatic carbocycles. The number of nitrogens with one attached hydrogen (secondary N) is 1. The molecule has 0 aliphatic heterocycles. The first kappa shape index (κ1) is 13.2. The summed E-state index contributed by atoms with van der Waals surface area (Å²) in [6.07, 6.45) is 1.80. The Hall–Kier alpha value is -1.77. The van der Waals surface area contributed by atoms with E-state index >= 15 is 0 Å². The first-order chi connectivity index (χ1) is 9.72. The molecule has 20 heavy (non-hydrogen) atoms. The van der Waals surface area contributed by atoms with Gasteiger partial charge in [0.1, 0.15) is 0 Å². The smallest absolute Gasteiger partial charge is 0.0702 e. The first-order valence-electron chi connectivity index (χ1n) is 6.25. The van der Waals surface area contributed by atoms with Crippen LogP contribution in [0.15, 0.2) is 54.7 Å². The third-order valence-electron chi connectivity index (χ3n) is 3.08. The fourth-order valence-corrected chi connectivity index (χ4v) is 2.42. The summed E-state index contributed by atoms with van der Waals surface area (Å²) in [7, 11) is 0. The molecule has 3 rings (SSSR count). The molecule has 3 aromatic rings. The summed E-state index contributed by atoms with van der Waals surface area (Å²) in [4.78, 5) is 4.31. The summed E-state index contributed by atoms with van der Waals surface area (Å²) in [5.41, 5.74) is 3.00. The molecule has 1 N–H and O–H groups in total. The molecule has 0 atom stereocenters. The third kappa shape index (κ3) is 2.87. The molecule has 1 aromatic heterocycles. The quantitative estimate of drug-likeness (QED) is 0.723. The average Bonchev–Trinajstić information content (AvgIpc) is 2.48. The van der Waals surface area contributed by atoms with Gasteiger partial charge in [-0.3, -0.25) is 4.98 Å². The van der Waals surface area contributed by atoms with Gasteiger partial charge in [-0.2, -0.15) is 0 Å². The van der Waals surface area contributed by atoms with E-state index in [0.717, 1.165) is 16.6 Å². The van der Waals surface area contributed by atoms with Crippen molar-refractivity contribution in [2.24, 2.45) is 0 Å². The molecule has 0 unspecified atom stereocenters. The van der Waals surface area contributed by atoms with Gasteiger partial charge in [0, 0.05) is 23.2 Å². The number of nitrogens with zero attached hydrogens (tertiary/aromatic N) is 1. The van der Waals surface area contributed by atoms with Crippen LogP contribution in [0.2, 0.25) is 10.0 Å². The largest absolute Gasteiger partial charge is 0.380 e. The zero-order valence-corrected chi connectivity index (χ0v) is 12.1. The Morgan fingerprint density at radius 2 is 1.90 bits per heavy atom. The molecule has 0 bridgehead atoms. The van der Waals surface area contributed by atoms with E-state index in [-0.39, 0.29) is 0 Å². The summed E-state index contributed by atoms with van der Waals surface area (Å²) in [5.74, 6) is 0. The Bertz CT molecular complexity index is 756. The Morgan fingerprint density at radius 1 is 1.00 bits per heavy atom. The number of hydrogen-bond acceptors (Lipinski definition) is 2. The predicted molar refractivity (Wildman–Crippen MR) is 85.5 cm³/mol. The molecule has 0 aliphatic rings. The molecular weight excluding hydrogens is 291 g/mol. The number of halogens is 2. The Morgan fingerprint density at radius 3 is 2.80 bits per heavy atom. The van der Waals surface area contributed by atoms with Gasteiger partial charge in [-0.15, -0.1) is 0 Å². The van der Waals surface area contributed by atoms with Crippen molar-refractivity contribution in [3.8, 4) is 0 Å². The second-order valence-corrected chi connectivity index (χ2v) is 5.35. The maximum absolute atomic E-state index is 6.13. The molecule has 2 nitrogen and oxygen atoms in total. The van der Waals surface area contributed by atoms with Gasteiger partial charge in [-0.25, -0.2) is 0 Å². The fourth-order valence-electron chi connectivity index (χ4n) is 2.07. The summed E-state index contributed by atoms with van der Waals surface area (Å²) in [6, 6.07) is 15.6. The molecule has 0 amide bonds.